The Morgan fingerprint density at radius 3 is 2.53 bits per heavy atom. The molecule has 17 heavy (non-hydrogen) atoms. The van der Waals surface area contributed by atoms with Crippen LogP contribution in [0.4, 0.5) is 0 Å². The highest BCUT2D eigenvalue weighted by Gasteiger charge is 2.40. The third kappa shape index (κ3) is 3.89. The van der Waals surface area contributed by atoms with Crippen LogP contribution in [0.2, 0.25) is 0 Å². The smallest absolute Gasteiger partial charge is 0.0832 e. The summed E-state index contributed by atoms with van der Waals surface area (Å²) < 4.78 is 0. The number of hydrogen-bond acceptors (Lipinski definition) is 3. The molecule has 0 saturated heterocycles. The van der Waals surface area contributed by atoms with Crippen LogP contribution in [0.25, 0.3) is 0 Å². The van der Waals surface area contributed by atoms with Gasteiger partial charge in [-0.25, -0.2) is 0 Å². The molecule has 0 spiro atoms. The van der Waals surface area contributed by atoms with Crippen LogP contribution in [0, 0.1) is 22.7 Å². The van der Waals surface area contributed by atoms with Crippen molar-refractivity contribution in [3.63, 3.8) is 0 Å². The average molecular weight is 255 g/mol. The van der Waals surface area contributed by atoms with Gasteiger partial charge in [0.25, 0.3) is 0 Å². The van der Waals surface area contributed by atoms with E-state index in [0.717, 1.165) is 49.5 Å². The fraction of sp³-hybridized carbons (Fsp3) is 0.929. The van der Waals surface area contributed by atoms with Crippen LogP contribution in [-0.4, -0.2) is 22.7 Å². The van der Waals surface area contributed by atoms with Crippen LogP contribution in [0.5, 0.6) is 0 Å². The monoisotopic (exact) mass is 255 g/mol. The molecule has 1 N–H and O–H groups in total. The van der Waals surface area contributed by atoms with Crippen LogP contribution in [0.1, 0.15) is 52.4 Å². The molecule has 1 aliphatic carbocycles. The molecule has 1 atom stereocenters. The van der Waals surface area contributed by atoms with Gasteiger partial charge in [0.2, 0.25) is 0 Å². The van der Waals surface area contributed by atoms with E-state index in [1.165, 1.54) is 6.42 Å². The standard InChI is InChI=1S/C14H25NOS/c1-3-12-5-8-14(11-15,9-6-12)13(16)7-10-17-4-2/h12-13,16H,3-10H2,1-2H3. The first-order chi connectivity index (χ1) is 8.18. The van der Waals surface area contributed by atoms with Gasteiger partial charge in [-0.2, -0.15) is 17.0 Å². The quantitative estimate of drug-likeness (QED) is 0.737. The number of aliphatic hydroxyl groups is 1. The van der Waals surface area contributed by atoms with Crippen molar-refractivity contribution in [3.8, 4) is 6.07 Å². The Hall–Kier alpha value is -0.200. The average Bonchev–Trinajstić information content (AvgIpc) is 2.39. The van der Waals surface area contributed by atoms with E-state index in [4.69, 9.17) is 0 Å². The maximum atomic E-state index is 10.3. The Morgan fingerprint density at radius 1 is 1.41 bits per heavy atom. The molecule has 0 amide bonds. The van der Waals surface area contributed by atoms with Gasteiger partial charge < -0.3 is 5.11 Å². The zero-order chi connectivity index (χ0) is 12.7. The summed E-state index contributed by atoms with van der Waals surface area (Å²) in [5.74, 6) is 2.83. The minimum absolute atomic E-state index is 0.427. The molecular formula is C14H25NOS. The van der Waals surface area contributed by atoms with Crippen LogP contribution in [0.3, 0.4) is 0 Å². The van der Waals surface area contributed by atoms with Crippen molar-refractivity contribution in [1.82, 2.24) is 0 Å². The van der Waals surface area contributed by atoms with Gasteiger partial charge in [-0.1, -0.05) is 20.3 Å². The highest BCUT2D eigenvalue weighted by molar-refractivity contribution is 7.99. The molecule has 1 fully saturated rings. The second kappa shape index (κ2) is 7.28. The zero-order valence-corrected chi connectivity index (χ0v) is 11.9. The van der Waals surface area contributed by atoms with Crippen molar-refractivity contribution in [2.24, 2.45) is 11.3 Å². The van der Waals surface area contributed by atoms with Crippen molar-refractivity contribution < 1.29 is 5.11 Å². The second-order valence-corrected chi connectivity index (χ2v) is 6.51. The molecule has 0 aromatic carbocycles. The predicted octanol–water partition coefficient (Wildman–Crippen LogP) is 3.60. The summed E-state index contributed by atoms with van der Waals surface area (Å²) in [6, 6.07) is 2.43. The van der Waals surface area contributed by atoms with Crippen LogP contribution in [0.15, 0.2) is 0 Å². The van der Waals surface area contributed by atoms with Crippen molar-refractivity contribution in [1.29, 1.82) is 5.26 Å². The number of rotatable bonds is 6. The highest BCUT2D eigenvalue weighted by atomic mass is 32.2. The maximum absolute atomic E-state index is 10.3. The Labute approximate surface area is 110 Å². The normalized spacial score (nSPS) is 30.8. The van der Waals surface area contributed by atoms with E-state index in [1.54, 1.807) is 0 Å². The molecule has 0 bridgehead atoms. The lowest BCUT2D eigenvalue weighted by Gasteiger charge is -2.38. The Balaban J connectivity index is 2.49. The van der Waals surface area contributed by atoms with Gasteiger partial charge in [-0.05, 0) is 49.5 Å². The Bertz CT molecular complexity index is 253. The third-order valence-corrected chi connectivity index (χ3v) is 5.11. The number of nitrogens with zero attached hydrogens (tertiary/aromatic N) is 1. The lowest BCUT2D eigenvalue weighted by Crippen LogP contribution is -2.38. The van der Waals surface area contributed by atoms with E-state index in [9.17, 15) is 10.4 Å². The van der Waals surface area contributed by atoms with Crippen molar-refractivity contribution in [3.05, 3.63) is 0 Å². The zero-order valence-electron chi connectivity index (χ0n) is 11.1. The van der Waals surface area contributed by atoms with Crippen LogP contribution in [-0.2, 0) is 0 Å². The molecule has 1 saturated carbocycles. The molecule has 1 unspecified atom stereocenters. The van der Waals surface area contributed by atoms with Gasteiger partial charge in [0, 0.05) is 0 Å². The molecule has 1 rings (SSSR count). The fourth-order valence-electron chi connectivity index (χ4n) is 2.74. The molecule has 3 heteroatoms. The van der Waals surface area contributed by atoms with E-state index >= 15 is 0 Å². The van der Waals surface area contributed by atoms with Crippen molar-refractivity contribution in [2.75, 3.05) is 11.5 Å². The van der Waals surface area contributed by atoms with Gasteiger partial charge in [-0.15, -0.1) is 0 Å². The SMILES string of the molecule is CCSCCC(O)C1(C#N)CCC(CC)CC1. The molecule has 0 heterocycles. The minimum atomic E-state index is -0.444. The first-order valence-electron chi connectivity index (χ1n) is 6.85. The molecular weight excluding hydrogens is 230 g/mol. The predicted molar refractivity (Wildman–Crippen MR) is 73.9 cm³/mol. The summed E-state index contributed by atoms with van der Waals surface area (Å²) in [7, 11) is 0. The van der Waals surface area contributed by atoms with E-state index in [-0.39, 0.29) is 0 Å². The van der Waals surface area contributed by atoms with E-state index in [1.807, 2.05) is 11.8 Å². The van der Waals surface area contributed by atoms with Crippen LogP contribution < -0.4 is 0 Å². The summed E-state index contributed by atoms with van der Waals surface area (Å²) in [5, 5.41) is 19.7. The van der Waals surface area contributed by atoms with E-state index in [2.05, 4.69) is 19.9 Å². The van der Waals surface area contributed by atoms with Gasteiger partial charge in [0.1, 0.15) is 0 Å². The number of thioether (sulfide) groups is 1. The van der Waals surface area contributed by atoms with Gasteiger partial charge >= 0.3 is 0 Å². The largest absolute Gasteiger partial charge is 0.391 e. The molecule has 98 valence electrons. The Kier molecular flexibility index (Phi) is 6.37. The molecule has 0 radical (unpaired) electrons. The molecule has 2 nitrogen and oxygen atoms in total. The fourth-order valence-corrected chi connectivity index (χ4v) is 3.41. The van der Waals surface area contributed by atoms with Gasteiger partial charge in [0.05, 0.1) is 17.6 Å². The molecule has 1 aliphatic rings. The summed E-state index contributed by atoms with van der Waals surface area (Å²) >= 11 is 1.85. The van der Waals surface area contributed by atoms with Crippen molar-refractivity contribution in [2.45, 2.75) is 58.5 Å². The summed E-state index contributed by atoms with van der Waals surface area (Å²) in [6.45, 7) is 4.35. The van der Waals surface area contributed by atoms with Gasteiger partial charge in [0.15, 0.2) is 0 Å². The van der Waals surface area contributed by atoms with E-state index in [0.29, 0.717) is 0 Å². The summed E-state index contributed by atoms with van der Waals surface area (Å²) in [6.07, 6.45) is 5.56. The molecule has 0 aliphatic heterocycles. The van der Waals surface area contributed by atoms with Crippen LogP contribution >= 0.6 is 11.8 Å². The second-order valence-electron chi connectivity index (χ2n) is 5.12. The van der Waals surface area contributed by atoms with E-state index < -0.39 is 11.5 Å². The maximum Gasteiger partial charge on any atom is 0.0832 e. The first-order valence-corrected chi connectivity index (χ1v) is 8.01. The Morgan fingerprint density at radius 2 is 2.06 bits per heavy atom. The molecule has 0 aromatic rings. The lowest BCUT2D eigenvalue weighted by molar-refractivity contribution is 0.0240. The summed E-state index contributed by atoms with van der Waals surface area (Å²) in [4.78, 5) is 0. The lowest BCUT2D eigenvalue weighted by atomic mass is 9.67. The third-order valence-electron chi connectivity index (χ3n) is 4.18. The van der Waals surface area contributed by atoms with Gasteiger partial charge in [-0.3, -0.25) is 0 Å². The summed E-state index contributed by atoms with van der Waals surface area (Å²) in [5.41, 5.74) is -0.444. The number of nitriles is 1. The topological polar surface area (TPSA) is 44.0 Å². The number of hydrogen-bond donors (Lipinski definition) is 1. The number of aliphatic hydroxyl groups excluding tert-OH is 1. The molecule has 0 aromatic heterocycles. The minimum Gasteiger partial charge on any atom is -0.391 e. The first kappa shape index (κ1) is 14.9. The highest BCUT2D eigenvalue weighted by Crippen LogP contribution is 2.43. The van der Waals surface area contributed by atoms with Crippen molar-refractivity contribution >= 4 is 11.8 Å².